The van der Waals surface area contributed by atoms with Crippen LogP contribution < -0.4 is 4.90 Å². The summed E-state index contributed by atoms with van der Waals surface area (Å²) in [6.45, 7) is 0.972. The number of thioether (sulfide) groups is 1. The van der Waals surface area contributed by atoms with Gasteiger partial charge in [0.05, 0.1) is 5.56 Å². The molecule has 0 atom stereocenters. The van der Waals surface area contributed by atoms with Crippen LogP contribution in [0.5, 0.6) is 0 Å². The average Bonchev–Trinajstić information content (AvgIpc) is 2.26. The Labute approximate surface area is 88.8 Å². The molecule has 4 heteroatoms. The van der Waals surface area contributed by atoms with Crippen molar-refractivity contribution in [2.24, 2.45) is 0 Å². The van der Waals surface area contributed by atoms with E-state index in [1.807, 2.05) is 24.9 Å². The van der Waals surface area contributed by atoms with E-state index in [-0.39, 0.29) is 0 Å². The number of hydrogen-bond acceptors (Lipinski definition) is 4. The summed E-state index contributed by atoms with van der Waals surface area (Å²) in [6.07, 6.45) is 3.69. The monoisotopic (exact) mass is 207 g/mol. The van der Waals surface area contributed by atoms with Crippen LogP contribution in [0.25, 0.3) is 0 Å². The van der Waals surface area contributed by atoms with Crippen molar-refractivity contribution in [3.05, 3.63) is 23.9 Å². The number of hydrogen-bond donors (Lipinski definition) is 0. The topological polar surface area (TPSA) is 39.9 Å². The Morgan fingerprint density at radius 3 is 2.86 bits per heavy atom. The highest BCUT2D eigenvalue weighted by atomic mass is 32.2. The Balaban J connectivity index is 2.63. The lowest BCUT2D eigenvalue weighted by Gasteiger charge is -2.16. The molecule has 0 saturated heterocycles. The van der Waals surface area contributed by atoms with Crippen LogP contribution in [0.3, 0.4) is 0 Å². The number of aromatic nitrogens is 1. The Hall–Kier alpha value is -1.21. The summed E-state index contributed by atoms with van der Waals surface area (Å²) < 4.78 is 0. The molecular formula is C10H13N3S. The molecule has 3 nitrogen and oxygen atoms in total. The van der Waals surface area contributed by atoms with E-state index in [2.05, 4.69) is 22.2 Å². The van der Waals surface area contributed by atoms with E-state index in [4.69, 9.17) is 5.26 Å². The lowest BCUT2D eigenvalue weighted by molar-refractivity contribution is 0.946. The van der Waals surface area contributed by atoms with Gasteiger partial charge in [0, 0.05) is 25.5 Å². The molecule has 1 aromatic rings. The van der Waals surface area contributed by atoms with Gasteiger partial charge in [-0.05, 0) is 18.4 Å². The summed E-state index contributed by atoms with van der Waals surface area (Å²) in [5, 5.41) is 8.60. The SMILES string of the molecule is CSCCN(C)c1ccc(C#N)cn1. The quantitative estimate of drug-likeness (QED) is 0.754. The minimum Gasteiger partial charge on any atom is -0.359 e. The van der Waals surface area contributed by atoms with Crippen molar-refractivity contribution in [1.29, 1.82) is 5.26 Å². The van der Waals surface area contributed by atoms with Crippen LogP contribution in [0.1, 0.15) is 5.56 Å². The van der Waals surface area contributed by atoms with Gasteiger partial charge in [0.15, 0.2) is 0 Å². The molecule has 0 bridgehead atoms. The van der Waals surface area contributed by atoms with E-state index >= 15 is 0 Å². The maximum Gasteiger partial charge on any atom is 0.128 e. The van der Waals surface area contributed by atoms with Crippen molar-refractivity contribution in [1.82, 2.24) is 4.98 Å². The Morgan fingerprint density at radius 2 is 2.36 bits per heavy atom. The van der Waals surface area contributed by atoms with E-state index < -0.39 is 0 Å². The van der Waals surface area contributed by atoms with Crippen molar-refractivity contribution >= 4 is 17.6 Å². The minimum atomic E-state index is 0.604. The van der Waals surface area contributed by atoms with Crippen molar-refractivity contribution in [3.8, 4) is 6.07 Å². The summed E-state index contributed by atoms with van der Waals surface area (Å²) in [4.78, 5) is 6.28. The second-order valence-electron chi connectivity index (χ2n) is 2.93. The van der Waals surface area contributed by atoms with Crippen LogP contribution in [-0.2, 0) is 0 Å². The summed E-state index contributed by atoms with van der Waals surface area (Å²) in [7, 11) is 2.00. The summed E-state index contributed by atoms with van der Waals surface area (Å²) >= 11 is 1.81. The van der Waals surface area contributed by atoms with Crippen molar-refractivity contribution in [2.75, 3.05) is 30.5 Å². The molecule has 1 heterocycles. The molecule has 0 fully saturated rings. The zero-order valence-electron chi connectivity index (χ0n) is 8.40. The maximum atomic E-state index is 8.60. The highest BCUT2D eigenvalue weighted by molar-refractivity contribution is 7.98. The first kappa shape index (κ1) is 10.9. The third-order valence-corrected chi connectivity index (χ3v) is 2.49. The molecule has 0 N–H and O–H groups in total. The molecule has 0 aliphatic carbocycles. The Kier molecular flexibility index (Phi) is 4.27. The van der Waals surface area contributed by atoms with Gasteiger partial charge in [-0.2, -0.15) is 17.0 Å². The highest BCUT2D eigenvalue weighted by Gasteiger charge is 2.00. The molecule has 0 aromatic carbocycles. The van der Waals surface area contributed by atoms with E-state index in [1.54, 1.807) is 12.3 Å². The third-order valence-electron chi connectivity index (χ3n) is 1.90. The lowest BCUT2D eigenvalue weighted by atomic mass is 10.3. The van der Waals surface area contributed by atoms with Crippen molar-refractivity contribution in [3.63, 3.8) is 0 Å². The summed E-state index contributed by atoms with van der Waals surface area (Å²) in [5.41, 5.74) is 0.604. The largest absolute Gasteiger partial charge is 0.359 e. The third kappa shape index (κ3) is 2.93. The second-order valence-corrected chi connectivity index (χ2v) is 3.92. The molecule has 14 heavy (non-hydrogen) atoms. The van der Waals surface area contributed by atoms with Crippen LogP contribution in [0.4, 0.5) is 5.82 Å². The number of nitriles is 1. The minimum absolute atomic E-state index is 0.604. The number of nitrogens with zero attached hydrogens (tertiary/aromatic N) is 3. The normalized spacial score (nSPS) is 9.50. The summed E-state index contributed by atoms with van der Waals surface area (Å²) in [6, 6.07) is 5.71. The zero-order valence-corrected chi connectivity index (χ0v) is 9.21. The van der Waals surface area contributed by atoms with Crippen LogP contribution in [0.2, 0.25) is 0 Å². The van der Waals surface area contributed by atoms with Gasteiger partial charge in [-0.15, -0.1) is 0 Å². The predicted molar refractivity (Wildman–Crippen MR) is 60.6 cm³/mol. The molecular weight excluding hydrogens is 194 g/mol. The van der Waals surface area contributed by atoms with Gasteiger partial charge in [0.1, 0.15) is 11.9 Å². The molecule has 1 rings (SSSR count). The fourth-order valence-corrected chi connectivity index (χ4v) is 1.48. The van der Waals surface area contributed by atoms with E-state index in [1.165, 1.54) is 0 Å². The molecule has 0 radical (unpaired) electrons. The number of pyridine rings is 1. The van der Waals surface area contributed by atoms with Crippen LogP contribution in [-0.4, -0.2) is 30.6 Å². The first-order valence-electron chi connectivity index (χ1n) is 4.34. The Morgan fingerprint density at radius 1 is 1.57 bits per heavy atom. The fourth-order valence-electron chi connectivity index (χ4n) is 1.02. The van der Waals surface area contributed by atoms with E-state index in [0.717, 1.165) is 18.1 Å². The first-order chi connectivity index (χ1) is 6.77. The van der Waals surface area contributed by atoms with Gasteiger partial charge in [-0.25, -0.2) is 4.98 Å². The van der Waals surface area contributed by atoms with Crippen molar-refractivity contribution in [2.45, 2.75) is 0 Å². The smallest absolute Gasteiger partial charge is 0.128 e. The van der Waals surface area contributed by atoms with E-state index in [0.29, 0.717) is 5.56 Å². The highest BCUT2D eigenvalue weighted by Crippen LogP contribution is 2.09. The predicted octanol–water partition coefficient (Wildman–Crippen LogP) is 1.75. The molecule has 0 amide bonds. The van der Waals surface area contributed by atoms with Gasteiger partial charge < -0.3 is 4.90 Å². The van der Waals surface area contributed by atoms with Gasteiger partial charge in [0.2, 0.25) is 0 Å². The zero-order chi connectivity index (χ0) is 10.4. The number of rotatable bonds is 4. The second kappa shape index (κ2) is 5.51. The lowest BCUT2D eigenvalue weighted by Crippen LogP contribution is -2.21. The standard InChI is InChI=1S/C10H13N3S/c1-13(5-6-14-2)10-4-3-9(7-11)8-12-10/h3-4,8H,5-6H2,1-2H3. The van der Waals surface area contributed by atoms with Crippen molar-refractivity contribution < 1.29 is 0 Å². The van der Waals surface area contributed by atoms with Gasteiger partial charge >= 0.3 is 0 Å². The molecule has 0 aliphatic heterocycles. The molecule has 0 aliphatic rings. The number of anilines is 1. The molecule has 1 aromatic heterocycles. The molecule has 74 valence electrons. The maximum absolute atomic E-state index is 8.60. The first-order valence-corrected chi connectivity index (χ1v) is 5.73. The van der Waals surface area contributed by atoms with Crippen LogP contribution in [0, 0.1) is 11.3 Å². The fraction of sp³-hybridized carbons (Fsp3) is 0.400. The van der Waals surface area contributed by atoms with Crippen LogP contribution >= 0.6 is 11.8 Å². The summed E-state index contributed by atoms with van der Waals surface area (Å²) in [5.74, 6) is 2.00. The Bertz CT molecular complexity index is 315. The molecule has 0 unspecified atom stereocenters. The van der Waals surface area contributed by atoms with Crippen LogP contribution in [0.15, 0.2) is 18.3 Å². The van der Waals surface area contributed by atoms with E-state index in [9.17, 15) is 0 Å². The molecule has 0 spiro atoms. The van der Waals surface area contributed by atoms with Gasteiger partial charge in [0.25, 0.3) is 0 Å². The average molecular weight is 207 g/mol. The van der Waals surface area contributed by atoms with Gasteiger partial charge in [-0.3, -0.25) is 0 Å². The van der Waals surface area contributed by atoms with Gasteiger partial charge in [-0.1, -0.05) is 0 Å². The molecule has 0 saturated carbocycles.